The van der Waals surface area contributed by atoms with E-state index in [0.717, 1.165) is 42.0 Å². The third kappa shape index (κ3) is 4.72. The van der Waals surface area contributed by atoms with Gasteiger partial charge in [0, 0.05) is 28.9 Å². The van der Waals surface area contributed by atoms with Gasteiger partial charge in [0.1, 0.15) is 11.6 Å². The van der Waals surface area contributed by atoms with E-state index in [1.165, 1.54) is 0 Å². The highest BCUT2D eigenvalue weighted by atomic mass is 79.9. The first kappa shape index (κ1) is 18.2. The summed E-state index contributed by atoms with van der Waals surface area (Å²) in [6.07, 6.45) is 1.59. The number of hydrogen-bond donors (Lipinski definition) is 1. The van der Waals surface area contributed by atoms with Crippen LogP contribution < -0.4 is 10.2 Å². The van der Waals surface area contributed by atoms with Crippen molar-refractivity contribution in [2.24, 2.45) is 0 Å². The lowest BCUT2D eigenvalue weighted by Gasteiger charge is -2.28. The van der Waals surface area contributed by atoms with Crippen LogP contribution in [0.4, 0.5) is 11.4 Å². The Morgan fingerprint density at radius 1 is 1.12 bits per heavy atom. The number of rotatable bonds is 4. The van der Waals surface area contributed by atoms with Gasteiger partial charge in [0.25, 0.3) is 5.91 Å². The Morgan fingerprint density at radius 2 is 1.77 bits per heavy atom. The number of carbonyl (C=O) groups excluding carboxylic acids is 1. The number of ether oxygens (including phenoxy) is 1. The van der Waals surface area contributed by atoms with Crippen molar-refractivity contribution in [3.8, 4) is 6.07 Å². The molecule has 1 aliphatic heterocycles. The minimum Gasteiger partial charge on any atom is -0.378 e. The van der Waals surface area contributed by atoms with Gasteiger partial charge in [0.2, 0.25) is 0 Å². The summed E-state index contributed by atoms with van der Waals surface area (Å²) in [7, 11) is 0. The maximum atomic E-state index is 12.3. The van der Waals surface area contributed by atoms with Gasteiger partial charge < -0.3 is 15.0 Å². The van der Waals surface area contributed by atoms with Crippen LogP contribution in [0.25, 0.3) is 6.08 Å². The van der Waals surface area contributed by atoms with E-state index in [9.17, 15) is 10.1 Å². The lowest BCUT2D eigenvalue weighted by Crippen LogP contribution is -2.36. The summed E-state index contributed by atoms with van der Waals surface area (Å²) in [5.74, 6) is -0.424. The highest BCUT2D eigenvalue weighted by Crippen LogP contribution is 2.19. The average molecular weight is 412 g/mol. The molecule has 2 aromatic carbocycles. The molecule has 1 aliphatic rings. The number of benzene rings is 2. The standard InChI is InChI=1S/C20H18BrN3O2/c21-17-3-5-18(6-4-17)23-20(25)16(14-22)13-15-1-7-19(8-2-15)24-9-11-26-12-10-24/h1-8,13H,9-12H2,(H,23,25)/b16-13-. The summed E-state index contributed by atoms with van der Waals surface area (Å²) in [5.41, 5.74) is 2.63. The van der Waals surface area contributed by atoms with Gasteiger partial charge in [-0.3, -0.25) is 4.79 Å². The molecule has 1 N–H and O–H groups in total. The number of nitrogens with zero attached hydrogens (tertiary/aromatic N) is 2. The number of nitrogens with one attached hydrogen (secondary N) is 1. The van der Waals surface area contributed by atoms with Crippen LogP contribution in [-0.2, 0) is 9.53 Å². The molecule has 3 rings (SSSR count). The van der Waals surface area contributed by atoms with Gasteiger partial charge in [-0.25, -0.2) is 0 Å². The smallest absolute Gasteiger partial charge is 0.266 e. The molecule has 0 radical (unpaired) electrons. The maximum Gasteiger partial charge on any atom is 0.266 e. The SMILES string of the molecule is N#C/C(=C/c1ccc(N2CCOCC2)cc1)C(=O)Nc1ccc(Br)cc1. The minimum atomic E-state index is -0.424. The van der Waals surface area contributed by atoms with Crippen LogP contribution in [0.5, 0.6) is 0 Å². The van der Waals surface area contributed by atoms with Gasteiger partial charge in [0.15, 0.2) is 0 Å². The Hall–Kier alpha value is -2.62. The molecule has 26 heavy (non-hydrogen) atoms. The predicted octanol–water partition coefficient (Wildman–Crippen LogP) is 3.83. The van der Waals surface area contributed by atoms with Gasteiger partial charge in [-0.05, 0) is 48.0 Å². The van der Waals surface area contributed by atoms with Crippen molar-refractivity contribution < 1.29 is 9.53 Å². The van der Waals surface area contributed by atoms with E-state index in [1.807, 2.05) is 42.5 Å². The van der Waals surface area contributed by atoms with Crippen LogP contribution in [0.3, 0.4) is 0 Å². The Balaban J connectivity index is 1.70. The monoisotopic (exact) mass is 411 g/mol. The van der Waals surface area contributed by atoms with E-state index in [-0.39, 0.29) is 5.57 Å². The number of anilines is 2. The van der Waals surface area contributed by atoms with Crippen LogP contribution in [0.15, 0.2) is 58.6 Å². The fourth-order valence-corrected chi connectivity index (χ4v) is 2.91. The third-order valence-corrected chi connectivity index (χ3v) is 4.58. The zero-order valence-corrected chi connectivity index (χ0v) is 15.7. The molecule has 1 heterocycles. The van der Waals surface area contributed by atoms with Crippen molar-refractivity contribution in [3.05, 3.63) is 64.1 Å². The van der Waals surface area contributed by atoms with Crippen molar-refractivity contribution in [2.75, 3.05) is 36.5 Å². The molecule has 1 fully saturated rings. The molecule has 5 nitrogen and oxygen atoms in total. The lowest BCUT2D eigenvalue weighted by molar-refractivity contribution is -0.112. The maximum absolute atomic E-state index is 12.3. The molecule has 2 aromatic rings. The number of morpholine rings is 1. The van der Waals surface area contributed by atoms with Crippen molar-refractivity contribution in [2.45, 2.75) is 0 Å². The average Bonchev–Trinajstić information content (AvgIpc) is 2.69. The fourth-order valence-electron chi connectivity index (χ4n) is 2.65. The minimum absolute atomic E-state index is 0.0621. The van der Waals surface area contributed by atoms with Gasteiger partial charge in [0.05, 0.1) is 13.2 Å². The fraction of sp³-hybridized carbons (Fsp3) is 0.200. The Morgan fingerprint density at radius 3 is 2.38 bits per heavy atom. The van der Waals surface area contributed by atoms with Crippen molar-refractivity contribution >= 4 is 39.3 Å². The highest BCUT2D eigenvalue weighted by Gasteiger charge is 2.12. The van der Waals surface area contributed by atoms with Gasteiger partial charge in [-0.15, -0.1) is 0 Å². The summed E-state index contributed by atoms with van der Waals surface area (Å²) in [5, 5.41) is 12.1. The van der Waals surface area contributed by atoms with E-state index in [0.29, 0.717) is 5.69 Å². The summed E-state index contributed by atoms with van der Waals surface area (Å²) < 4.78 is 6.28. The zero-order chi connectivity index (χ0) is 18.4. The van der Waals surface area contributed by atoms with Crippen LogP contribution in [-0.4, -0.2) is 32.2 Å². The summed E-state index contributed by atoms with van der Waals surface area (Å²) in [4.78, 5) is 14.6. The topological polar surface area (TPSA) is 65.4 Å². The molecule has 0 aromatic heterocycles. The molecule has 1 amide bonds. The molecule has 0 unspecified atom stereocenters. The van der Waals surface area contributed by atoms with Gasteiger partial charge >= 0.3 is 0 Å². The first-order valence-corrected chi connectivity index (χ1v) is 9.06. The predicted molar refractivity (Wildman–Crippen MR) is 106 cm³/mol. The van der Waals surface area contributed by atoms with Gasteiger partial charge in [-0.1, -0.05) is 28.1 Å². The van der Waals surface area contributed by atoms with E-state index >= 15 is 0 Å². The highest BCUT2D eigenvalue weighted by molar-refractivity contribution is 9.10. The molecule has 6 heteroatoms. The Labute approximate surface area is 161 Å². The largest absolute Gasteiger partial charge is 0.378 e. The third-order valence-electron chi connectivity index (χ3n) is 4.05. The number of hydrogen-bond acceptors (Lipinski definition) is 4. The second-order valence-electron chi connectivity index (χ2n) is 5.82. The summed E-state index contributed by atoms with van der Waals surface area (Å²) >= 11 is 3.35. The molecule has 132 valence electrons. The second kappa shape index (κ2) is 8.65. The van der Waals surface area contributed by atoms with Crippen molar-refractivity contribution in [1.29, 1.82) is 5.26 Å². The first-order chi connectivity index (χ1) is 12.7. The molecule has 0 saturated carbocycles. The Kier molecular flexibility index (Phi) is 6.05. The van der Waals surface area contributed by atoms with E-state index in [4.69, 9.17) is 4.74 Å². The first-order valence-electron chi connectivity index (χ1n) is 8.27. The molecule has 0 atom stereocenters. The number of nitriles is 1. The van der Waals surface area contributed by atoms with E-state index in [2.05, 4.69) is 26.1 Å². The van der Waals surface area contributed by atoms with Crippen molar-refractivity contribution in [1.82, 2.24) is 0 Å². The number of carbonyl (C=O) groups is 1. The molecular weight excluding hydrogens is 394 g/mol. The number of halogens is 1. The van der Waals surface area contributed by atoms with Crippen molar-refractivity contribution in [3.63, 3.8) is 0 Å². The molecule has 0 bridgehead atoms. The second-order valence-corrected chi connectivity index (χ2v) is 6.74. The van der Waals surface area contributed by atoms with Crippen LogP contribution in [0.2, 0.25) is 0 Å². The molecule has 0 spiro atoms. The summed E-state index contributed by atoms with van der Waals surface area (Å²) in [6.45, 7) is 3.20. The molecular formula is C20H18BrN3O2. The zero-order valence-electron chi connectivity index (χ0n) is 14.1. The van der Waals surface area contributed by atoms with Crippen LogP contribution in [0.1, 0.15) is 5.56 Å². The number of amides is 1. The molecule has 0 aliphatic carbocycles. The lowest BCUT2D eigenvalue weighted by atomic mass is 10.1. The molecule has 1 saturated heterocycles. The quantitative estimate of drug-likeness (QED) is 0.613. The van der Waals surface area contributed by atoms with E-state index in [1.54, 1.807) is 18.2 Å². The van der Waals surface area contributed by atoms with Crippen LogP contribution >= 0.6 is 15.9 Å². The van der Waals surface area contributed by atoms with Crippen LogP contribution in [0, 0.1) is 11.3 Å². The van der Waals surface area contributed by atoms with Gasteiger partial charge in [-0.2, -0.15) is 5.26 Å². The Bertz CT molecular complexity index is 833. The normalized spacial score (nSPS) is 14.6. The van der Waals surface area contributed by atoms with E-state index < -0.39 is 5.91 Å². The summed E-state index contributed by atoms with van der Waals surface area (Å²) in [6, 6.07) is 17.0.